The van der Waals surface area contributed by atoms with Crippen molar-refractivity contribution in [2.45, 2.75) is 4.90 Å². The summed E-state index contributed by atoms with van der Waals surface area (Å²) in [6, 6.07) is 15.7. The Balaban J connectivity index is 1.62. The van der Waals surface area contributed by atoms with Crippen LogP contribution in [0.4, 0.5) is 5.13 Å². The summed E-state index contributed by atoms with van der Waals surface area (Å²) in [4.78, 5) is 17.7. The standard InChI is InChI=1S/C20H18N2O2S2/c1-24-16-8-6-15(7-9-16)18-13-26-20(21-18)22-19(23)12-5-14-3-10-17(25-2)11-4-14/h3-13H,1-2H3,(H,21,22,23)/b12-5+. The molecule has 0 spiro atoms. The molecule has 0 saturated heterocycles. The average Bonchev–Trinajstić information content (AvgIpc) is 3.15. The van der Waals surface area contributed by atoms with Gasteiger partial charge in [0.05, 0.1) is 12.8 Å². The predicted octanol–water partition coefficient (Wildman–Crippen LogP) is 5.19. The van der Waals surface area contributed by atoms with Gasteiger partial charge in [0.1, 0.15) is 5.75 Å². The van der Waals surface area contributed by atoms with Gasteiger partial charge in [0.2, 0.25) is 5.91 Å². The van der Waals surface area contributed by atoms with Crippen molar-refractivity contribution in [3.8, 4) is 17.0 Å². The number of aromatic nitrogens is 1. The second kappa shape index (κ2) is 8.69. The Morgan fingerprint density at radius 1 is 1.15 bits per heavy atom. The van der Waals surface area contributed by atoms with E-state index in [-0.39, 0.29) is 5.91 Å². The fourth-order valence-electron chi connectivity index (χ4n) is 2.26. The molecule has 1 aromatic heterocycles. The van der Waals surface area contributed by atoms with Gasteiger partial charge in [0.25, 0.3) is 0 Å². The number of anilines is 1. The molecule has 3 rings (SSSR count). The maximum Gasteiger partial charge on any atom is 0.250 e. The molecule has 0 aliphatic rings. The fraction of sp³-hybridized carbons (Fsp3) is 0.100. The summed E-state index contributed by atoms with van der Waals surface area (Å²) >= 11 is 3.09. The number of nitrogens with zero attached hydrogens (tertiary/aromatic N) is 1. The lowest BCUT2D eigenvalue weighted by Gasteiger charge is -2.00. The SMILES string of the molecule is COc1ccc(-c2csc(NC(=O)/C=C/c3ccc(SC)cc3)n2)cc1. The number of nitrogens with one attached hydrogen (secondary N) is 1. The van der Waals surface area contributed by atoms with Crippen LogP contribution in [0.3, 0.4) is 0 Å². The Bertz CT molecular complexity index is 900. The van der Waals surface area contributed by atoms with Crippen LogP contribution in [-0.4, -0.2) is 24.3 Å². The van der Waals surface area contributed by atoms with E-state index in [2.05, 4.69) is 10.3 Å². The second-order valence-electron chi connectivity index (χ2n) is 5.36. The van der Waals surface area contributed by atoms with E-state index in [4.69, 9.17) is 4.74 Å². The Kier molecular flexibility index (Phi) is 6.09. The molecule has 6 heteroatoms. The first-order valence-corrected chi connectivity index (χ1v) is 10.0. The highest BCUT2D eigenvalue weighted by molar-refractivity contribution is 7.98. The van der Waals surface area contributed by atoms with E-state index >= 15 is 0 Å². The molecule has 0 fully saturated rings. The number of thiazole rings is 1. The minimum absolute atomic E-state index is 0.199. The van der Waals surface area contributed by atoms with E-state index in [0.29, 0.717) is 5.13 Å². The lowest BCUT2D eigenvalue weighted by atomic mass is 10.2. The third-order valence-corrected chi connectivity index (χ3v) is 5.16. The van der Waals surface area contributed by atoms with Crippen LogP contribution in [0.2, 0.25) is 0 Å². The number of carbonyl (C=O) groups is 1. The molecule has 132 valence electrons. The monoisotopic (exact) mass is 382 g/mol. The van der Waals surface area contributed by atoms with Gasteiger partial charge in [0, 0.05) is 21.9 Å². The maximum atomic E-state index is 12.1. The molecule has 4 nitrogen and oxygen atoms in total. The van der Waals surface area contributed by atoms with Crippen molar-refractivity contribution in [1.82, 2.24) is 4.98 Å². The molecule has 2 aromatic carbocycles. The molecule has 0 bridgehead atoms. The van der Waals surface area contributed by atoms with Crippen LogP contribution in [0.15, 0.2) is 64.9 Å². The van der Waals surface area contributed by atoms with Crippen molar-refractivity contribution in [3.63, 3.8) is 0 Å². The zero-order chi connectivity index (χ0) is 18.4. The third-order valence-electron chi connectivity index (χ3n) is 3.66. The van der Waals surface area contributed by atoms with E-state index in [1.807, 2.05) is 60.2 Å². The van der Waals surface area contributed by atoms with Crippen LogP contribution in [0.5, 0.6) is 5.75 Å². The smallest absolute Gasteiger partial charge is 0.250 e. The van der Waals surface area contributed by atoms with Crippen LogP contribution >= 0.6 is 23.1 Å². The summed E-state index contributed by atoms with van der Waals surface area (Å²) in [6.07, 6.45) is 5.34. The Morgan fingerprint density at radius 2 is 1.88 bits per heavy atom. The van der Waals surface area contributed by atoms with Gasteiger partial charge in [-0.25, -0.2) is 4.98 Å². The van der Waals surface area contributed by atoms with E-state index in [1.165, 1.54) is 22.3 Å². The van der Waals surface area contributed by atoms with Crippen molar-refractivity contribution in [2.75, 3.05) is 18.7 Å². The first-order chi connectivity index (χ1) is 12.7. The van der Waals surface area contributed by atoms with E-state index in [0.717, 1.165) is 22.6 Å². The van der Waals surface area contributed by atoms with Crippen molar-refractivity contribution < 1.29 is 9.53 Å². The Hall–Kier alpha value is -2.57. The molecule has 1 N–H and O–H groups in total. The van der Waals surface area contributed by atoms with E-state index < -0.39 is 0 Å². The summed E-state index contributed by atoms with van der Waals surface area (Å²) in [5, 5.41) is 5.29. The topological polar surface area (TPSA) is 51.2 Å². The number of rotatable bonds is 6. The molecule has 26 heavy (non-hydrogen) atoms. The number of thioether (sulfide) groups is 1. The van der Waals surface area contributed by atoms with Crippen molar-refractivity contribution in [2.24, 2.45) is 0 Å². The minimum Gasteiger partial charge on any atom is -0.497 e. The number of benzene rings is 2. The van der Waals surface area contributed by atoms with Gasteiger partial charge < -0.3 is 4.74 Å². The zero-order valence-corrected chi connectivity index (χ0v) is 16.1. The van der Waals surface area contributed by atoms with Crippen LogP contribution in [0, 0.1) is 0 Å². The highest BCUT2D eigenvalue weighted by atomic mass is 32.2. The van der Waals surface area contributed by atoms with Gasteiger partial charge in [-0.05, 0) is 54.3 Å². The molecule has 0 aliphatic heterocycles. The summed E-state index contributed by atoms with van der Waals surface area (Å²) < 4.78 is 5.16. The van der Waals surface area contributed by atoms with Crippen molar-refractivity contribution >= 4 is 40.2 Å². The summed E-state index contributed by atoms with van der Waals surface area (Å²) in [5.41, 5.74) is 2.78. The van der Waals surface area contributed by atoms with Gasteiger partial charge in [-0.2, -0.15) is 0 Å². The second-order valence-corrected chi connectivity index (χ2v) is 7.10. The zero-order valence-electron chi connectivity index (χ0n) is 14.4. The molecule has 0 saturated carbocycles. The average molecular weight is 383 g/mol. The molecule has 0 unspecified atom stereocenters. The number of amides is 1. The summed E-state index contributed by atoms with van der Waals surface area (Å²) in [7, 11) is 1.64. The van der Waals surface area contributed by atoms with Crippen LogP contribution in [0.25, 0.3) is 17.3 Å². The molecule has 3 aromatic rings. The Morgan fingerprint density at radius 3 is 2.54 bits per heavy atom. The third kappa shape index (κ3) is 4.74. The number of ether oxygens (including phenoxy) is 1. The Labute approximate surface area is 160 Å². The lowest BCUT2D eigenvalue weighted by Crippen LogP contribution is -2.07. The lowest BCUT2D eigenvalue weighted by molar-refractivity contribution is -0.111. The van der Waals surface area contributed by atoms with Gasteiger partial charge in [0.15, 0.2) is 5.13 Å². The highest BCUT2D eigenvalue weighted by Gasteiger charge is 2.06. The quantitative estimate of drug-likeness (QED) is 0.471. The molecule has 0 atom stereocenters. The predicted molar refractivity (Wildman–Crippen MR) is 110 cm³/mol. The van der Waals surface area contributed by atoms with Crippen LogP contribution in [-0.2, 0) is 4.79 Å². The van der Waals surface area contributed by atoms with Crippen LogP contribution in [0.1, 0.15) is 5.56 Å². The normalized spacial score (nSPS) is 10.8. The molecular formula is C20H18N2O2S2. The molecule has 0 radical (unpaired) electrons. The molecular weight excluding hydrogens is 364 g/mol. The van der Waals surface area contributed by atoms with Gasteiger partial charge in [-0.15, -0.1) is 23.1 Å². The maximum absolute atomic E-state index is 12.1. The van der Waals surface area contributed by atoms with E-state index in [1.54, 1.807) is 24.9 Å². The first-order valence-electron chi connectivity index (χ1n) is 7.91. The number of hydrogen-bond donors (Lipinski definition) is 1. The minimum atomic E-state index is -0.199. The number of methoxy groups -OCH3 is 1. The molecule has 1 amide bonds. The largest absolute Gasteiger partial charge is 0.497 e. The van der Waals surface area contributed by atoms with E-state index in [9.17, 15) is 4.79 Å². The molecule has 1 heterocycles. The summed E-state index contributed by atoms with van der Waals surface area (Å²) in [6.45, 7) is 0. The first kappa shape index (κ1) is 18.2. The van der Waals surface area contributed by atoms with Gasteiger partial charge in [-0.3, -0.25) is 10.1 Å². The number of hydrogen-bond acceptors (Lipinski definition) is 5. The number of carbonyl (C=O) groups excluding carboxylic acids is 1. The summed E-state index contributed by atoms with van der Waals surface area (Å²) in [5.74, 6) is 0.600. The highest BCUT2D eigenvalue weighted by Crippen LogP contribution is 2.26. The molecule has 0 aliphatic carbocycles. The van der Waals surface area contributed by atoms with Crippen molar-refractivity contribution in [3.05, 3.63) is 65.6 Å². The van der Waals surface area contributed by atoms with Crippen molar-refractivity contribution in [1.29, 1.82) is 0 Å². The van der Waals surface area contributed by atoms with Gasteiger partial charge >= 0.3 is 0 Å². The van der Waals surface area contributed by atoms with Gasteiger partial charge in [-0.1, -0.05) is 12.1 Å². The van der Waals surface area contributed by atoms with Crippen LogP contribution < -0.4 is 10.1 Å². The fourth-order valence-corrected chi connectivity index (χ4v) is 3.39.